The quantitative estimate of drug-likeness (QED) is 0.874. The molecular formula is C14H22N2O2. The smallest absolute Gasteiger partial charge is 0.414 e. The van der Waals surface area contributed by atoms with Crippen molar-refractivity contribution >= 4 is 11.8 Å². The first-order valence-corrected chi connectivity index (χ1v) is 6.35. The first kappa shape index (κ1) is 14.5. The van der Waals surface area contributed by atoms with Crippen LogP contribution in [-0.4, -0.2) is 18.7 Å². The normalized spacial score (nSPS) is 10.5. The molecule has 0 atom stereocenters. The largest absolute Gasteiger partial charge is 0.446 e. The Kier molecular flexibility index (Phi) is 5.65. The molecule has 4 nitrogen and oxygen atoms in total. The molecule has 1 amide bonds. The summed E-state index contributed by atoms with van der Waals surface area (Å²) in [6, 6.07) is 7.67. The first-order chi connectivity index (χ1) is 8.58. The van der Waals surface area contributed by atoms with Crippen molar-refractivity contribution in [3.05, 3.63) is 29.8 Å². The molecule has 0 saturated carbocycles. The number of benzene rings is 1. The van der Waals surface area contributed by atoms with E-state index in [9.17, 15) is 4.79 Å². The third kappa shape index (κ3) is 4.04. The number of hydrogen-bond acceptors (Lipinski definition) is 3. The molecule has 0 radical (unpaired) electrons. The zero-order chi connectivity index (χ0) is 13.5. The van der Waals surface area contributed by atoms with Gasteiger partial charge in [-0.05, 0) is 38.0 Å². The summed E-state index contributed by atoms with van der Waals surface area (Å²) in [6.07, 6.45) is 0.471. The van der Waals surface area contributed by atoms with Gasteiger partial charge >= 0.3 is 6.09 Å². The number of amides is 1. The van der Waals surface area contributed by atoms with Crippen LogP contribution in [-0.2, 0) is 11.3 Å². The lowest BCUT2D eigenvalue weighted by Crippen LogP contribution is -2.33. The van der Waals surface area contributed by atoms with Gasteiger partial charge in [-0.1, -0.05) is 19.1 Å². The van der Waals surface area contributed by atoms with Gasteiger partial charge in [0.15, 0.2) is 0 Å². The Bertz CT molecular complexity index is 374. The summed E-state index contributed by atoms with van der Waals surface area (Å²) >= 11 is 0. The van der Waals surface area contributed by atoms with E-state index in [1.165, 1.54) is 0 Å². The Balaban J connectivity index is 2.85. The molecular weight excluding hydrogens is 228 g/mol. The topological polar surface area (TPSA) is 55.6 Å². The maximum absolute atomic E-state index is 12.0. The van der Waals surface area contributed by atoms with Crippen molar-refractivity contribution in [3.8, 4) is 0 Å². The Hall–Kier alpha value is -1.55. The highest BCUT2D eigenvalue weighted by atomic mass is 16.6. The predicted molar refractivity (Wildman–Crippen MR) is 73.6 cm³/mol. The minimum Gasteiger partial charge on any atom is -0.446 e. The number of carbonyl (C=O) groups excluding carboxylic acids is 1. The van der Waals surface area contributed by atoms with Gasteiger partial charge in [0.1, 0.15) is 0 Å². The van der Waals surface area contributed by atoms with Crippen LogP contribution in [0, 0.1) is 0 Å². The molecule has 18 heavy (non-hydrogen) atoms. The van der Waals surface area contributed by atoms with Crippen LogP contribution in [0.3, 0.4) is 0 Å². The van der Waals surface area contributed by atoms with E-state index >= 15 is 0 Å². The molecule has 0 aliphatic rings. The molecule has 0 bridgehead atoms. The Labute approximate surface area is 109 Å². The van der Waals surface area contributed by atoms with Gasteiger partial charge in [0, 0.05) is 18.8 Å². The second-order valence-electron chi connectivity index (χ2n) is 4.45. The van der Waals surface area contributed by atoms with Crippen molar-refractivity contribution in [2.24, 2.45) is 5.73 Å². The summed E-state index contributed by atoms with van der Waals surface area (Å²) in [5.74, 6) is 0. The van der Waals surface area contributed by atoms with Crippen LogP contribution in [0.2, 0.25) is 0 Å². The van der Waals surface area contributed by atoms with E-state index in [4.69, 9.17) is 10.5 Å². The molecule has 0 aromatic heterocycles. The van der Waals surface area contributed by atoms with Gasteiger partial charge in [0.05, 0.1) is 6.10 Å². The molecule has 0 spiro atoms. The highest BCUT2D eigenvalue weighted by molar-refractivity contribution is 5.87. The summed E-state index contributed by atoms with van der Waals surface area (Å²) < 4.78 is 5.24. The lowest BCUT2D eigenvalue weighted by molar-refractivity contribution is 0.122. The average molecular weight is 250 g/mol. The van der Waals surface area contributed by atoms with Crippen molar-refractivity contribution in [2.75, 3.05) is 11.4 Å². The van der Waals surface area contributed by atoms with Crippen LogP contribution >= 0.6 is 0 Å². The molecule has 0 unspecified atom stereocenters. The number of carbonyl (C=O) groups is 1. The highest BCUT2D eigenvalue weighted by Gasteiger charge is 2.17. The SMILES string of the molecule is CCCN(C(=O)OC(C)C)c1ccc(CN)cc1. The minimum atomic E-state index is -0.299. The van der Waals surface area contributed by atoms with Gasteiger partial charge < -0.3 is 10.5 Å². The molecule has 0 aliphatic carbocycles. The van der Waals surface area contributed by atoms with Crippen LogP contribution in [0.1, 0.15) is 32.8 Å². The Morgan fingerprint density at radius 1 is 1.33 bits per heavy atom. The zero-order valence-electron chi connectivity index (χ0n) is 11.3. The summed E-state index contributed by atoms with van der Waals surface area (Å²) in [5, 5.41) is 0. The second kappa shape index (κ2) is 7.01. The van der Waals surface area contributed by atoms with Crippen molar-refractivity contribution in [3.63, 3.8) is 0 Å². The third-order valence-corrected chi connectivity index (χ3v) is 2.49. The lowest BCUT2D eigenvalue weighted by Gasteiger charge is -2.23. The van der Waals surface area contributed by atoms with Crippen LogP contribution in [0.4, 0.5) is 10.5 Å². The van der Waals surface area contributed by atoms with Crippen molar-refractivity contribution in [2.45, 2.75) is 39.8 Å². The second-order valence-corrected chi connectivity index (χ2v) is 4.45. The van der Waals surface area contributed by atoms with Gasteiger partial charge in [-0.3, -0.25) is 4.90 Å². The molecule has 100 valence electrons. The Morgan fingerprint density at radius 3 is 2.39 bits per heavy atom. The van der Waals surface area contributed by atoms with Gasteiger partial charge in [0.2, 0.25) is 0 Å². The van der Waals surface area contributed by atoms with Gasteiger partial charge in [-0.25, -0.2) is 4.79 Å². The van der Waals surface area contributed by atoms with E-state index < -0.39 is 0 Å². The van der Waals surface area contributed by atoms with Crippen molar-refractivity contribution in [1.29, 1.82) is 0 Å². The number of hydrogen-bond donors (Lipinski definition) is 1. The van der Waals surface area contributed by atoms with E-state index in [1.54, 1.807) is 4.90 Å². The summed E-state index contributed by atoms with van der Waals surface area (Å²) in [7, 11) is 0. The maximum Gasteiger partial charge on any atom is 0.414 e. The van der Waals surface area contributed by atoms with E-state index in [0.717, 1.165) is 17.7 Å². The van der Waals surface area contributed by atoms with Crippen LogP contribution in [0.25, 0.3) is 0 Å². The Morgan fingerprint density at radius 2 is 1.94 bits per heavy atom. The van der Waals surface area contributed by atoms with E-state index in [2.05, 4.69) is 0 Å². The summed E-state index contributed by atoms with van der Waals surface area (Å²) in [6.45, 7) is 6.88. The van der Waals surface area contributed by atoms with Crippen molar-refractivity contribution in [1.82, 2.24) is 0 Å². The molecule has 0 heterocycles. The average Bonchev–Trinajstić information content (AvgIpc) is 2.35. The molecule has 1 aromatic rings. The van der Waals surface area contributed by atoms with E-state index in [0.29, 0.717) is 13.1 Å². The van der Waals surface area contributed by atoms with E-state index in [1.807, 2.05) is 45.0 Å². The van der Waals surface area contributed by atoms with Gasteiger partial charge in [-0.15, -0.1) is 0 Å². The molecule has 0 fully saturated rings. The molecule has 1 rings (SSSR count). The zero-order valence-corrected chi connectivity index (χ0v) is 11.3. The monoisotopic (exact) mass is 250 g/mol. The van der Waals surface area contributed by atoms with Gasteiger partial charge in [0.25, 0.3) is 0 Å². The van der Waals surface area contributed by atoms with Crippen LogP contribution in [0.15, 0.2) is 24.3 Å². The predicted octanol–water partition coefficient (Wildman–Crippen LogP) is 2.91. The van der Waals surface area contributed by atoms with Crippen molar-refractivity contribution < 1.29 is 9.53 Å². The number of nitrogens with two attached hydrogens (primary N) is 1. The number of anilines is 1. The number of nitrogens with zero attached hydrogens (tertiary/aromatic N) is 1. The number of ether oxygens (including phenoxy) is 1. The summed E-state index contributed by atoms with van der Waals surface area (Å²) in [4.78, 5) is 13.6. The van der Waals surface area contributed by atoms with Crippen LogP contribution in [0.5, 0.6) is 0 Å². The summed E-state index contributed by atoms with van der Waals surface area (Å²) in [5.41, 5.74) is 7.45. The number of rotatable bonds is 5. The third-order valence-electron chi connectivity index (χ3n) is 2.49. The molecule has 1 aromatic carbocycles. The standard InChI is InChI=1S/C14H22N2O2/c1-4-9-16(14(17)18-11(2)3)13-7-5-12(10-15)6-8-13/h5-8,11H,4,9-10,15H2,1-3H3. The highest BCUT2D eigenvalue weighted by Crippen LogP contribution is 2.17. The molecule has 2 N–H and O–H groups in total. The first-order valence-electron chi connectivity index (χ1n) is 6.35. The molecule has 0 aliphatic heterocycles. The minimum absolute atomic E-state index is 0.111. The fourth-order valence-corrected chi connectivity index (χ4v) is 1.63. The maximum atomic E-state index is 12.0. The lowest BCUT2D eigenvalue weighted by atomic mass is 10.2. The molecule has 4 heteroatoms. The fraction of sp³-hybridized carbons (Fsp3) is 0.500. The van der Waals surface area contributed by atoms with E-state index in [-0.39, 0.29) is 12.2 Å². The molecule has 0 saturated heterocycles. The fourth-order valence-electron chi connectivity index (χ4n) is 1.63. The van der Waals surface area contributed by atoms with Gasteiger partial charge in [-0.2, -0.15) is 0 Å². The van der Waals surface area contributed by atoms with Crippen LogP contribution < -0.4 is 10.6 Å².